The molecular weight excluding hydrogens is 436 g/mol. The van der Waals surface area contributed by atoms with Crippen LogP contribution < -0.4 is 5.32 Å². The van der Waals surface area contributed by atoms with Crippen molar-refractivity contribution in [3.8, 4) is 0 Å². The van der Waals surface area contributed by atoms with Gasteiger partial charge in [0.2, 0.25) is 0 Å². The molecule has 1 aliphatic rings. The van der Waals surface area contributed by atoms with Crippen LogP contribution in [-0.2, 0) is 16.1 Å². The van der Waals surface area contributed by atoms with Gasteiger partial charge in [-0.3, -0.25) is 15.1 Å². The van der Waals surface area contributed by atoms with Gasteiger partial charge in [-0.1, -0.05) is 24.3 Å². The Bertz CT molecular complexity index is 841. The van der Waals surface area contributed by atoms with E-state index >= 15 is 0 Å². The largest absolute Gasteiger partial charge is 0.481 e. The Labute approximate surface area is 190 Å². The van der Waals surface area contributed by atoms with E-state index < -0.39 is 5.97 Å². The molecule has 31 heavy (non-hydrogen) atoms. The number of amides is 2. The Morgan fingerprint density at radius 2 is 2.13 bits per heavy atom. The van der Waals surface area contributed by atoms with Crippen LogP contribution in [0.3, 0.4) is 0 Å². The van der Waals surface area contributed by atoms with Crippen molar-refractivity contribution in [1.29, 1.82) is 0 Å². The molecule has 0 unspecified atom stereocenters. The molecule has 8 nitrogen and oxygen atoms in total. The number of hydrogen-bond donors (Lipinski definition) is 2. The summed E-state index contributed by atoms with van der Waals surface area (Å²) in [6.45, 7) is 3.65. The highest BCUT2D eigenvalue weighted by Gasteiger charge is 2.28. The summed E-state index contributed by atoms with van der Waals surface area (Å²) >= 11 is 2.48. The predicted octanol–water partition coefficient (Wildman–Crippen LogP) is 4.34. The number of ether oxygens (including phenoxy) is 1. The number of carboxylic acid groups (broad SMARTS) is 1. The molecule has 0 atom stereocenters. The number of pyridine rings is 1. The molecule has 0 radical (unpaired) electrons. The zero-order valence-electron chi connectivity index (χ0n) is 17.5. The molecule has 10 heteroatoms. The number of thioether (sulfide) groups is 1. The Morgan fingerprint density at radius 3 is 2.84 bits per heavy atom. The third kappa shape index (κ3) is 7.79. The fourth-order valence-electron chi connectivity index (χ4n) is 3.52. The first-order valence-electron chi connectivity index (χ1n) is 10.4. The highest BCUT2D eigenvalue weighted by Crippen LogP contribution is 2.30. The van der Waals surface area contributed by atoms with Crippen LogP contribution in [0.15, 0.2) is 34.9 Å². The van der Waals surface area contributed by atoms with Crippen molar-refractivity contribution in [2.45, 2.75) is 49.5 Å². The second-order valence-corrected chi connectivity index (χ2v) is 9.92. The first kappa shape index (κ1) is 23.5. The average Bonchev–Trinajstić information content (AvgIpc) is 3.21. The minimum Gasteiger partial charge on any atom is -0.481 e. The monoisotopic (exact) mass is 464 g/mol. The van der Waals surface area contributed by atoms with E-state index in [-0.39, 0.29) is 17.8 Å². The summed E-state index contributed by atoms with van der Waals surface area (Å²) < 4.78 is 6.55. The van der Waals surface area contributed by atoms with Crippen LogP contribution in [0.25, 0.3) is 0 Å². The van der Waals surface area contributed by atoms with Gasteiger partial charge < -0.3 is 14.7 Å². The van der Waals surface area contributed by atoms with Crippen LogP contribution in [0, 0.1) is 5.92 Å². The lowest BCUT2D eigenvalue weighted by Crippen LogP contribution is -2.46. The fraction of sp³-hybridized carbons (Fsp3) is 0.524. The normalized spacial score (nSPS) is 18.5. The number of hydrogen-bond acceptors (Lipinski definition) is 7. The molecule has 0 saturated heterocycles. The maximum absolute atomic E-state index is 13.0. The zero-order chi connectivity index (χ0) is 22.1. The van der Waals surface area contributed by atoms with E-state index in [9.17, 15) is 9.59 Å². The molecule has 3 rings (SSSR count). The van der Waals surface area contributed by atoms with Crippen molar-refractivity contribution >= 4 is 40.2 Å². The predicted molar refractivity (Wildman–Crippen MR) is 122 cm³/mol. The van der Waals surface area contributed by atoms with Gasteiger partial charge in [-0.05, 0) is 43.2 Å². The van der Waals surface area contributed by atoms with Crippen molar-refractivity contribution < 1.29 is 19.4 Å². The summed E-state index contributed by atoms with van der Waals surface area (Å²) in [7, 11) is 0. The number of anilines is 1. The van der Waals surface area contributed by atoms with Gasteiger partial charge in [0.15, 0.2) is 5.13 Å². The molecule has 0 bridgehead atoms. The molecule has 0 aliphatic heterocycles. The van der Waals surface area contributed by atoms with Gasteiger partial charge in [-0.25, -0.2) is 9.78 Å². The molecule has 1 aliphatic carbocycles. The lowest BCUT2D eigenvalue weighted by atomic mass is 9.86. The van der Waals surface area contributed by atoms with Gasteiger partial charge in [0, 0.05) is 25.0 Å². The molecule has 2 heterocycles. The number of aromatic nitrogens is 2. The Morgan fingerprint density at radius 1 is 1.32 bits per heavy atom. The molecule has 2 aromatic heterocycles. The molecule has 2 amide bonds. The SMILES string of the molecule is CC1CCC(N(CCOCc2cccnc2)C(=O)Nc2ncc(SCC(=O)O)s2)CC1. The molecule has 0 spiro atoms. The highest BCUT2D eigenvalue weighted by molar-refractivity contribution is 8.01. The van der Waals surface area contributed by atoms with Crippen molar-refractivity contribution in [2.75, 3.05) is 24.2 Å². The van der Waals surface area contributed by atoms with Crippen molar-refractivity contribution in [3.63, 3.8) is 0 Å². The summed E-state index contributed by atoms with van der Waals surface area (Å²) in [5.74, 6) is -0.222. The van der Waals surface area contributed by atoms with E-state index in [0.29, 0.717) is 30.8 Å². The van der Waals surface area contributed by atoms with Crippen LogP contribution in [0.5, 0.6) is 0 Å². The van der Waals surface area contributed by atoms with E-state index in [1.54, 1.807) is 18.6 Å². The quantitative estimate of drug-likeness (QED) is 0.398. The van der Waals surface area contributed by atoms with Gasteiger partial charge in [0.25, 0.3) is 0 Å². The van der Waals surface area contributed by atoms with Gasteiger partial charge in [0.1, 0.15) is 0 Å². The summed E-state index contributed by atoms with van der Waals surface area (Å²) in [5, 5.41) is 12.2. The van der Waals surface area contributed by atoms with Gasteiger partial charge in [-0.2, -0.15) is 0 Å². The molecule has 0 aromatic carbocycles. The summed E-state index contributed by atoms with van der Waals surface area (Å²) in [5.41, 5.74) is 0.999. The summed E-state index contributed by atoms with van der Waals surface area (Å²) in [6.07, 6.45) is 9.27. The standard InChI is InChI=1S/C21H28N4O4S2/c1-15-4-6-17(7-5-15)25(9-10-29-13-16-3-2-8-22-11-16)21(28)24-20-23-12-19(31-20)30-14-18(26)27/h2-3,8,11-12,15,17H,4-7,9-10,13-14H2,1H3,(H,26,27)(H,23,24,28). The maximum Gasteiger partial charge on any atom is 0.323 e. The van der Waals surface area contributed by atoms with Crippen LogP contribution >= 0.6 is 23.1 Å². The second kappa shape index (κ2) is 12.0. The lowest BCUT2D eigenvalue weighted by molar-refractivity contribution is -0.133. The van der Waals surface area contributed by atoms with Gasteiger partial charge >= 0.3 is 12.0 Å². The van der Waals surface area contributed by atoms with Crippen molar-refractivity contribution in [3.05, 3.63) is 36.3 Å². The second-order valence-electron chi connectivity index (χ2n) is 7.62. The maximum atomic E-state index is 13.0. The molecule has 1 fully saturated rings. The Hall–Kier alpha value is -2.17. The molecule has 168 valence electrons. The molecule has 2 N–H and O–H groups in total. The number of nitrogens with zero attached hydrogens (tertiary/aromatic N) is 3. The third-order valence-corrected chi connectivity index (χ3v) is 7.28. The van der Waals surface area contributed by atoms with Gasteiger partial charge in [-0.15, -0.1) is 11.8 Å². The summed E-state index contributed by atoms with van der Waals surface area (Å²) in [4.78, 5) is 33.9. The minimum atomic E-state index is -0.882. The number of rotatable bonds is 10. The van der Waals surface area contributed by atoms with Crippen LogP contribution in [0.2, 0.25) is 0 Å². The zero-order valence-corrected chi connectivity index (χ0v) is 19.2. The van der Waals surface area contributed by atoms with Gasteiger partial charge in [0.05, 0.1) is 29.4 Å². The number of carbonyl (C=O) groups is 2. The van der Waals surface area contributed by atoms with Crippen LogP contribution in [0.1, 0.15) is 38.2 Å². The lowest BCUT2D eigenvalue weighted by Gasteiger charge is -2.36. The number of thiazole rings is 1. The molecule has 2 aromatic rings. The summed E-state index contributed by atoms with van der Waals surface area (Å²) in [6, 6.07) is 3.83. The van der Waals surface area contributed by atoms with Crippen molar-refractivity contribution in [2.24, 2.45) is 5.92 Å². The smallest absolute Gasteiger partial charge is 0.323 e. The van der Waals surface area contributed by atoms with E-state index in [2.05, 4.69) is 22.2 Å². The average molecular weight is 465 g/mol. The van der Waals surface area contributed by atoms with Crippen LogP contribution in [0.4, 0.5) is 9.93 Å². The number of carbonyl (C=O) groups excluding carboxylic acids is 1. The van der Waals surface area contributed by atoms with E-state index in [4.69, 9.17) is 9.84 Å². The first-order valence-corrected chi connectivity index (χ1v) is 12.2. The number of carboxylic acids is 1. The Balaban J connectivity index is 1.56. The Kier molecular flexibility index (Phi) is 9.11. The van der Waals surface area contributed by atoms with E-state index in [1.165, 1.54) is 23.1 Å². The van der Waals surface area contributed by atoms with E-state index in [0.717, 1.165) is 35.5 Å². The highest BCUT2D eigenvalue weighted by atomic mass is 32.2. The minimum absolute atomic E-state index is 0.0315. The number of nitrogens with one attached hydrogen (secondary N) is 1. The third-order valence-electron chi connectivity index (χ3n) is 5.19. The molecular formula is C21H28N4O4S2. The number of aliphatic carboxylic acids is 1. The first-order chi connectivity index (χ1) is 15.0. The van der Waals surface area contributed by atoms with E-state index in [1.807, 2.05) is 17.0 Å². The molecule has 1 saturated carbocycles. The fourth-order valence-corrected chi connectivity index (χ4v) is 5.10. The number of urea groups is 1. The van der Waals surface area contributed by atoms with Crippen molar-refractivity contribution in [1.82, 2.24) is 14.9 Å². The topological polar surface area (TPSA) is 105 Å². The van der Waals surface area contributed by atoms with Crippen LogP contribution in [-0.4, -0.2) is 56.9 Å².